The van der Waals surface area contributed by atoms with Gasteiger partial charge in [-0.1, -0.05) is 0 Å². The molecule has 0 fully saturated rings. The highest BCUT2D eigenvalue weighted by atomic mass is 79.9. The minimum atomic E-state index is 0.107. The fraction of sp³-hybridized carbons (Fsp3) is 0.250. The molecular formula is C8H8BrNOS. The smallest absolute Gasteiger partial charge is 0.103 e. The molecule has 0 aliphatic carbocycles. The zero-order chi connectivity index (χ0) is 8.72. The Morgan fingerprint density at radius 2 is 2.33 bits per heavy atom. The highest BCUT2D eigenvalue weighted by Gasteiger charge is 2.07. The molecule has 2 nitrogen and oxygen atoms in total. The molecule has 2 rings (SSSR count). The Bertz CT molecular complexity index is 418. The Balaban J connectivity index is 2.74. The number of hydrogen-bond acceptors (Lipinski definition) is 2. The van der Waals surface area contributed by atoms with Crippen molar-refractivity contribution >= 4 is 37.5 Å². The van der Waals surface area contributed by atoms with E-state index in [0.717, 1.165) is 9.48 Å². The number of aryl methyl sites for hydroxylation is 1. The number of thiophene rings is 1. The van der Waals surface area contributed by atoms with E-state index in [4.69, 9.17) is 5.11 Å². The molecule has 12 heavy (non-hydrogen) atoms. The van der Waals surface area contributed by atoms with Crippen LogP contribution in [0.2, 0.25) is 0 Å². The molecule has 64 valence electrons. The van der Waals surface area contributed by atoms with E-state index < -0.39 is 0 Å². The highest BCUT2D eigenvalue weighted by molar-refractivity contribution is 9.11. The van der Waals surface area contributed by atoms with Gasteiger partial charge in [0.05, 0.1) is 10.4 Å². The predicted octanol–water partition coefficient (Wildman–Crippen LogP) is 2.49. The zero-order valence-corrected chi connectivity index (χ0v) is 8.94. The van der Waals surface area contributed by atoms with Crippen molar-refractivity contribution < 1.29 is 5.11 Å². The van der Waals surface area contributed by atoms with E-state index in [0.29, 0.717) is 0 Å². The van der Waals surface area contributed by atoms with Crippen LogP contribution in [0.3, 0.4) is 0 Å². The quantitative estimate of drug-likeness (QED) is 0.821. The van der Waals surface area contributed by atoms with Crippen molar-refractivity contribution in [3.63, 3.8) is 0 Å². The van der Waals surface area contributed by atoms with Gasteiger partial charge in [-0.2, -0.15) is 0 Å². The van der Waals surface area contributed by atoms with Gasteiger partial charge < -0.3 is 9.67 Å². The van der Waals surface area contributed by atoms with E-state index in [2.05, 4.69) is 22.0 Å². The Morgan fingerprint density at radius 3 is 2.92 bits per heavy atom. The van der Waals surface area contributed by atoms with Gasteiger partial charge in [-0.25, -0.2) is 0 Å². The van der Waals surface area contributed by atoms with Crippen molar-refractivity contribution in [2.45, 2.75) is 6.61 Å². The number of aliphatic hydroxyl groups excluding tert-OH is 1. The summed E-state index contributed by atoms with van der Waals surface area (Å²) in [5, 5.41) is 10.2. The summed E-state index contributed by atoms with van der Waals surface area (Å²) >= 11 is 5.11. The lowest BCUT2D eigenvalue weighted by Crippen LogP contribution is -1.93. The second-order valence-corrected chi connectivity index (χ2v) is 5.07. The van der Waals surface area contributed by atoms with Crippen LogP contribution in [0.4, 0.5) is 0 Å². The number of rotatable bonds is 1. The fourth-order valence-corrected chi connectivity index (χ4v) is 2.86. The Morgan fingerprint density at radius 1 is 1.58 bits per heavy atom. The zero-order valence-electron chi connectivity index (χ0n) is 6.54. The number of fused-ring (bicyclic) bond motifs is 1. The van der Waals surface area contributed by atoms with Crippen LogP contribution in [0.1, 0.15) is 5.69 Å². The van der Waals surface area contributed by atoms with Gasteiger partial charge in [-0.3, -0.25) is 0 Å². The number of nitrogens with zero attached hydrogens (tertiary/aromatic N) is 1. The summed E-state index contributed by atoms with van der Waals surface area (Å²) in [6.07, 6.45) is 0. The van der Waals surface area contributed by atoms with Crippen molar-refractivity contribution in [1.82, 2.24) is 4.57 Å². The minimum Gasteiger partial charge on any atom is -0.390 e. The minimum absolute atomic E-state index is 0.107. The molecule has 0 saturated carbocycles. The maximum absolute atomic E-state index is 8.98. The summed E-state index contributed by atoms with van der Waals surface area (Å²) in [6, 6.07) is 4.08. The lowest BCUT2D eigenvalue weighted by atomic mass is 10.4. The standard InChI is InChI=1S/C8H8BrNOS/c1-10-6(4-11)2-5-3-7(9)12-8(5)10/h2-3,11H,4H2,1H3. The molecule has 0 aromatic carbocycles. The first-order valence-corrected chi connectivity index (χ1v) is 5.18. The number of halogens is 1. The van der Waals surface area contributed by atoms with Crippen LogP contribution in [0.25, 0.3) is 10.2 Å². The third kappa shape index (κ3) is 1.11. The van der Waals surface area contributed by atoms with Crippen LogP contribution in [0.15, 0.2) is 15.9 Å². The molecule has 1 N–H and O–H groups in total. The van der Waals surface area contributed by atoms with Crippen molar-refractivity contribution in [3.8, 4) is 0 Å². The molecule has 2 aromatic heterocycles. The molecule has 0 radical (unpaired) electrons. The SMILES string of the molecule is Cn1c(CO)cc2cc(Br)sc21. The summed E-state index contributed by atoms with van der Waals surface area (Å²) in [5.74, 6) is 0. The first-order valence-electron chi connectivity index (χ1n) is 3.57. The van der Waals surface area contributed by atoms with Gasteiger partial charge in [0.1, 0.15) is 4.83 Å². The van der Waals surface area contributed by atoms with E-state index >= 15 is 0 Å². The van der Waals surface area contributed by atoms with Crippen LogP contribution in [0.5, 0.6) is 0 Å². The number of aromatic nitrogens is 1. The molecule has 0 unspecified atom stereocenters. The van der Waals surface area contributed by atoms with Gasteiger partial charge in [-0.15, -0.1) is 11.3 Å². The maximum Gasteiger partial charge on any atom is 0.103 e. The van der Waals surface area contributed by atoms with Gasteiger partial charge in [-0.05, 0) is 28.1 Å². The second kappa shape index (κ2) is 2.87. The molecule has 0 aliphatic heterocycles. The molecule has 0 amide bonds. The fourth-order valence-electron chi connectivity index (χ4n) is 1.29. The second-order valence-electron chi connectivity index (χ2n) is 2.66. The predicted molar refractivity (Wildman–Crippen MR) is 54.4 cm³/mol. The average molecular weight is 246 g/mol. The summed E-state index contributed by atoms with van der Waals surface area (Å²) in [7, 11) is 1.97. The summed E-state index contributed by atoms with van der Waals surface area (Å²) in [5.41, 5.74) is 0.962. The van der Waals surface area contributed by atoms with E-state index in [-0.39, 0.29) is 6.61 Å². The molecule has 0 saturated heterocycles. The summed E-state index contributed by atoms with van der Waals surface area (Å²) in [6.45, 7) is 0.107. The van der Waals surface area contributed by atoms with E-state index in [9.17, 15) is 0 Å². The average Bonchev–Trinajstić information content (AvgIpc) is 2.51. The van der Waals surface area contributed by atoms with Gasteiger partial charge in [0.2, 0.25) is 0 Å². The van der Waals surface area contributed by atoms with Gasteiger partial charge in [0, 0.05) is 18.1 Å². The third-order valence-corrected chi connectivity index (χ3v) is 3.66. The normalized spacial score (nSPS) is 11.2. The molecule has 0 bridgehead atoms. The van der Waals surface area contributed by atoms with Crippen LogP contribution in [0, 0.1) is 0 Å². The third-order valence-electron chi connectivity index (χ3n) is 1.93. The Labute approximate surface area is 82.6 Å². The topological polar surface area (TPSA) is 25.2 Å². The number of aliphatic hydroxyl groups is 1. The van der Waals surface area contributed by atoms with E-state index in [1.54, 1.807) is 11.3 Å². The Hall–Kier alpha value is -0.320. The van der Waals surface area contributed by atoms with Gasteiger partial charge in [0.15, 0.2) is 0 Å². The lowest BCUT2D eigenvalue weighted by Gasteiger charge is -1.97. The van der Waals surface area contributed by atoms with Crippen LogP contribution in [-0.2, 0) is 13.7 Å². The van der Waals surface area contributed by atoms with Crippen LogP contribution >= 0.6 is 27.3 Å². The first-order chi connectivity index (χ1) is 5.72. The van der Waals surface area contributed by atoms with Crippen molar-refractivity contribution in [2.75, 3.05) is 0 Å². The molecule has 0 spiro atoms. The van der Waals surface area contributed by atoms with Gasteiger partial charge in [0.25, 0.3) is 0 Å². The molecular weight excluding hydrogens is 238 g/mol. The molecule has 2 aromatic rings. The highest BCUT2D eigenvalue weighted by Crippen LogP contribution is 2.31. The van der Waals surface area contributed by atoms with Gasteiger partial charge >= 0.3 is 0 Å². The monoisotopic (exact) mass is 245 g/mol. The number of hydrogen-bond donors (Lipinski definition) is 1. The summed E-state index contributed by atoms with van der Waals surface area (Å²) in [4.78, 5) is 1.20. The van der Waals surface area contributed by atoms with Crippen LogP contribution < -0.4 is 0 Å². The van der Waals surface area contributed by atoms with Crippen molar-refractivity contribution in [1.29, 1.82) is 0 Å². The Kier molecular flexibility index (Phi) is 1.98. The summed E-state index contributed by atoms with van der Waals surface area (Å²) < 4.78 is 3.15. The maximum atomic E-state index is 8.98. The lowest BCUT2D eigenvalue weighted by molar-refractivity contribution is 0.273. The van der Waals surface area contributed by atoms with Crippen molar-refractivity contribution in [2.24, 2.45) is 7.05 Å². The molecule has 0 atom stereocenters. The molecule has 4 heteroatoms. The van der Waals surface area contributed by atoms with E-state index in [1.165, 1.54) is 10.2 Å². The largest absolute Gasteiger partial charge is 0.390 e. The molecule has 2 heterocycles. The van der Waals surface area contributed by atoms with E-state index in [1.807, 2.05) is 17.7 Å². The first kappa shape index (κ1) is 8.29. The van der Waals surface area contributed by atoms with Crippen molar-refractivity contribution in [3.05, 3.63) is 21.6 Å². The molecule has 0 aliphatic rings. The van der Waals surface area contributed by atoms with Crippen LogP contribution in [-0.4, -0.2) is 9.67 Å².